The first-order chi connectivity index (χ1) is 11.2. The van der Waals surface area contributed by atoms with Crippen LogP contribution in [0.15, 0.2) is 54.6 Å². The van der Waals surface area contributed by atoms with Crippen LogP contribution in [0, 0.1) is 0 Å². The second kappa shape index (κ2) is 6.69. The fraction of sp³-hybridized carbons (Fsp3) is 0.250. The molecule has 0 N–H and O–H groups in total. The van der Waals surface area contributed by atoms with Gasteiger partial charge in [-0.25, -0.2) is 0 Å². The summed E-state index contributed by atoms with van der Waals surface area (Å²) < 4.78 is 6.14. The number of amides is 1. The lowest BCUT2D eigenvalue weighted by atomic mass is 10.1. The van der Waals surface area contributed by atoms with Gasteiger partial charge in [0, 0.05) is 11.1 Å². The van der Waals surface area contributed by atoms with Gasteiger partial charge in [0.15, 0.2) is 5.75 Å². The first-order valence-electron chi connectivity index (χ1n) is 8.04. The molecule has 0 saturated carbocycles. The van der Waals surface area contributed by atoms with Crippen molar-refractivity contribution in [3.8, 4) is 5.75 Å². The molecule has 1 amide bonds. The van der Waals surface area contributed by atoms with Gasteiger partial charge in [-0.15, -0.1) is 0 Å². The third kappa shape index (κ3) is 3.00. The largest absolute Gasteiger partial charge is 0.486 e. The molecule has 3 heteroatoms. The zero-order valence-corrected chi connectivity index (χ0v) is 13.5. The lowest BCUT2D eigenvalue weighted by molar-refractivity contribution is 0.0954. The van der Waals surface area contributed by atoms with Crippen molar-refractivity contribution in [2.75, 3.05) is 11.4 Å². The number of anilines is 1. The molecule has 1 aliphatic rings. The molecule has 0 aromatic heterocycles. The molecule has 1 aliphatic heterocycles. The second-order valence-electron chi connectivity index (χ2n) is 5.63. The standard InChI is InChI=1S/C20H21NO2/c1-3-9-15-12-8-13-18-19(15)23-17(4-2)14-21(18)20(22)16-10-6-5-7-11-16/h3,5-13,17H,4,14H2,1-2H3. The summed E-state index contributed by atoms with van der Waals surface area (Å²) in [5, 5.41) is 0. The molecular weight excluding hydrogens is 286 g/mol. The summed E-state index contributed by atoms with van der Waals surface area (Å²) in [5.74, 6) is 0.819. The molecule has 1 heterocycles. The van der Waals surface area contributed by atoms with Gasteiger partial charge < -0.3 is 9.64 Å². The van der Waals surface area contributed by atoms with Crippen molar-refractivity contribution >= 4 is 17.7 Å². The Balaban J connectivity index is 2.06. The molecule has 0 radical (unpaired) electrons. The number of benzene rings is 2. The van der Waals surface area contributed by atoms with Gasteiger partial charge in [-0.1, -0.05) is 49.4 Å². The Kier molecular flexibility index (Phi) is 4.47. The third-order valence-corrected chi connectivity index (χ3v) is 4.05. The number of hydrogen-bond donors (Lipinski definition) is 0. The molecule has 118 valence electrons. The van der Waals surface area contributed by atoms with Crippen LogP contribution in [0.25, 0.3) is 6.08 Å². The molecule has 0 saturated heterocycles. The second-order valence-corrected chi connectivity index (χ2v) is 5.63. The maximum atomic E-state index is 12.9. The third-order valence-electron chi connectivity index (χ3n) is 4.05. The van der Waals surface area contributed by atoms with Crippen molar-refractivity contribution in [3.05, 3.63) is 65.7 Å². The predicted molar refractivity (Wildman–Crippen MR) is 94.0 cm³/mol. The topological polar surface area (TPSA) is 29.5 Å². The smallest absolute Gasteiger partial charge is 0.258 e. The van der Waals surface area contributed by atoms with Crippen LogP contribution >= 0.6 is 0 Å². The number of rotatable bonds is 3. The lowest BCUT2D eigenvalue weighted by Crippen LogP contribution is -2.43. The van der Waals surface area contributed by atoms with Crippen LogP contribution < -0.4 is 9.64 Å². The first kappa shape index (κ1) is 15.3. The van der Waals surface area contributed by atoms with E-state index in [-0.39, 0.29) is 12.0 Å². The Labute approximate surface area is 137 Å². The number of nitrogens with zero attached hydrogens (tertiary/aromatic N) is 1. The number of hydrogen-bond acceptors (Lipinski definition) is 2. The average molecular weight is 307 g/mol. The number of allylic oxidation sites excluding steroid dienone is 1. The van der Waals surface area contributed by atoms with Gasteiger partial charge in [0.2, 0.25) is 0 Å². The first-order valence-corrected chi connectivity index (χ1v) is 8.04. The van der Waals surface area contributed by atoms with Crippen molar-refractivity contribution in [2.24, 2.45) is 0 Å². The Hall–Kier alpha value is -2.55. The van der Waals surface area contributed by atoms with Crippen LogP contribution in [0.4, 0.5) is 5.69 Å². The Bertz CT molecular complexity index is 722. The number of fused-ring (bicyclic) bond motifs is 1. The van der Waals surface area contributed by atoms with Gasteiger partial charge in [0.25, 0.3) is 5.91 Å². The van der Waals surface area contributed by atoms with Gasteiger partial charge in [-0.05, 0) is 31.5 Å². The van der Waals surface area contributed by atoms with Crippen LogP contribution in [0.1, 0.15) is 36.2 Å². The zero-order chi connectivity index (χ0) is 16.2. The van der Waals surface area contributed by atoms with Gasteiger partial charge in [-0.3, -0.25) is 4.79 Å². The highest BCUT2D eigenvalue weighted by Gasteiger charge is 2.30. The molecule has 3 nitrogen and oxygen atoms in total. The van der Waals surface area contributed by atoms with E-state index in [1.54, 1.807) is 0 Å². The molecular formula is C20H21NO2. The normalized spacial score (nSPS) is 17.0. The summed E-state index contributed by atoms with van der Waals surface area (Å²) in [5.41, 5.74) is 2.56. The molecule has 2 aromatic carbocycles. The number of carbonyl (C=O) groups excluding carboxylic acids is 1. The molecule has 3 rings (SSSR count). The molecule has 0 fully saturated rings. The average Bonchev–Trinajstić information content (AvgIpc) is 2.61. The monoisotopic (exact) mass is 307 g/mol. The van der Waals surface area contributed by atoms with Crippen LogP contribution in [-0.4, -0.2) is 18.6 Å². The number of carbonyl (C=O) groups is 1. The van der Waals surface area contributed by atoms with Gasteiger partial charge >= 0.3 is 0 Å². The van der Waals surface area contributed by atoms with Crippen LogP contribution in [0.3, 0.4) is 0 Å². The van der Waals surface area contributed by atoms with E-state index < -0.39 is 0 Å². The van der Waals surface area contributed by atoms with E-state index in [4.69, 9.17) is 4.74 Å². The maximum absolute atomic E-state index is 12.9. The van der Waals surface area contributed by atoms with Crippen molar-refractivity contribution < 1.29 is 9.53 Å². The number of ether oxygens (including phenoxy) is 1. The molecule has 0 aliphatic carbocycles. The predicted octanol–water partition coefficient (Wildman–Crippen LogP) is 4.54. The van der Waals surface area contributed by atoms with Gasteiger partial charge in [-0.2, -0.15) is 0 Å². The quantitative estimate of drug-likeness (QED) is 0.833. The molecule has 1 atom stereocenters. The summed E-state index contributed by atoms with van der Waals surface area (Å²) in [4.78, 5) is 14.8. The highest BCUT2D eigenvalue weighted by molar-refractivity contribution is 6.07. The summed E-state index contributed by atoms with van der Waals surface area (Å²) >= 11 is 0. The number of para-hydroxylation sites is 1. The van der Waals surface area contributed by atoms with Gasteiger partial charge in [0.05, 0.1) is 12.2 Å². The zero-order valence-electron chi connectivity index (χ0n) is 13.5. The van der Waals surface area contributed by atoms with E-state index in [2.05, 4.69) is 6.92 Å². The van der Waals surface area contributed by atoms with Crippen molar-refractivity contribution in [1.82, 2.24) is 0 Å². The van der Waals surface area contributed by atoms with E-state index in [1.807, 2.05) is 72.5 Å². The minimum absolute atomic E-state index is 0.0153. The fourth-order valence-corrected chi connectivity index (χ4v) is 2.84. The molecule has 0 bridgehead atoms. The highest BCUT2D eigenvalue weighted by Crippen LogP contribution is 2.38. The van der Waals surface area contributed by atoms with Crippen LogP contribution in [0.2, 0.25) is 0 Å². The van der Waals surface area contributed by atoms with Crippen molar-refractivity contribution in [1.29, 1.82) is 0 Å². The van der Waals surface area contributed by atoms with E-state index in [0.717, 1.165) is 23.4 Å². The molecule has 0 spiro atoms. The Morgan fingerprint density at radius 3 is 2.70 bits per heavy atom. The highest BCUT2D eigenvalue weighted by atomic mass is 16.5. The summed E-state index contributed by atoms with van der Waals surface area (Å²) in [6.07, 6.45) is 4.88. The maximum Gasteiger partial charge on any atom is 0.258 e. The van der Waals surface area contributed by atoms with E-state index in [1.165, 1.54) is 0 Å². The minimum Gasteiger partial charge on any atom is -0.486 e. The van der Waals surface area contributed by atoms with Crippen molar-refractivity contribution in [2.45, 2.75) is 26.4 Å². The van der Waals surface area contributed by atoms with E-state index in [9.17, 15) is 4.79 Å². The summed E-state index contributed by atoms with van der Waals surface area (Å²) in [7, 11) is 0. The van der Waals surface area contributed by atoms with Crippen LogP contribution in [0.5, 0.6) is 5.75 Å². The Morgan fingerprint density at radius 1 is 1.22 bits per heavy atom. The van der Waals surface area contributed by atoms with Crippen molar-refractivity contribution in [3.63, 3.8) is 0 Å². The SMILES string of the molecule is CC=Cc1cccc2c1OC(CC)CN2C(=O)c1ccccc1. The van der Waals surface area contributed by atoms with Crippen LogP contribution in [-0.2, 0) is 0 Å². The van der Waals surface area contributed by atoms with E-state index >= 15 is 0 Å². The molecule has 1 unspecified atom stereocenters. The lowest BCUT2D eigenvalue weighted by Gasteiger charge is -2.35. The minimum atomic E-state index is 0.0153. The summed E-state index contributed by atoms with van der Waals surface area (Å²) in [6, 6.07) is 15.3. The Morgan fingerprint density at radius 2 is 2.00 bits per heavy atom. The fourth-order valence-electron chi connectivity index (χ4n) is 2.84. The molecule has 2 aromatic rings. The summed E-state index contributed by atoms with van der Waals surface area (Å²) in [6.45, 7) is 4.64. The van der Waals surface area contributed by atoms with Gasteiger partial charge in [0.1, 0.15) is 6.10 Å². The van der Waals surface area contributed by atoms with E-state index in [0.29, 0.717) is 12.1 Å². The molecule has 23 heavy (non-hydrogen) atoms.